The van der Waals surface area contributed by atoms with Gasteiger partial charge in [-0.05, 0) is 32.8 Å². The molecule has 21 heavy (non-hydrogen) atoms. The summed E-state index contributed by atoms with van der Waals surface area (Å²) >= 11 is 0. The number of piperidine rings is 1. The highest BCUT2D eigenvalue weighted by Gasteiger charge is 2.21. The molecule has 1 aliphatic rings. The molecule has 0 spiro atoms. The maximum absolute atomic E-state index is 4.49. The Bertz CT molecular complexity index is 607. The summed E-state index contributed by atoms with van der Waals surface area (Å²) in [5.74, 6) is 1.75. The smallest absolute Gasteiger partial charge is 0.225 e. The van der Waals surface area contributed by atoms with Crippen LogP contribution < -0.4 is 10.2 Å². The van der Waals surface area contributed by atoms with Crippen molar-refractivity contribution in [1.82, 2.24) is 19.9 Å². The summed E-state index contributed by atoms with van der Waals surface area (Å²) in [6.45, 7) is 5.90. The van der Waals surface area contributed by atoms with Gasteiger partial charge in [0, 0.05) is 42.8 Å². The van der Waals surface area contributed by atoms with Gasteiger partial charge >= 0.3 is 0 Å². The van der Waals surface area contributed by atoms with E-state index in [-0.39, 0.29) is 0 Å². The van der Waals surface area contributed by atoms with Crippen LogP contribution in [0.1, 0.15) is 24.2 Å². The van der Waals surface area contributed by atoms with Crippen LogP contribution in [0.3, 0.4) is 0 Å². The molecule has 6 nitrogen and oxygen atoms in total. The summed E-state index contributed by atoms with van der Waals surface area (Å²) in [7, 11) is 0. The Kier molecular flexibility index (Phi) is 3.94. The van der Waals surface area contributed by atoms with Crippen molar-refractivity contribution in [3.63, 3.8) is 0 Å². The van der Waals surface area contributed by atoms with E-state index in [1.54, 1.807) is 6.33 Å². The first kappa shape index (κ1) is 13.7. The fourth-order valence-electron chi connectivity index (χ4n) is 2.55. The molecule has 110 valence electrons. The fourth-order valence-corrected chi connectivity index (χ4v) is 2.55. The molecule has 0 unspecified atom stereocenters. The van der Waals surface area contributed by atoms with E-state index in [1.807, 2.05) is 32.2 Å². The van der Waals surface area contributed by atoms with Crippen LogP contribution in [-0.2, 0) is 0 Å². The maximum atomic E-state index is 4.49. The van der Waals surface area contributed by atoms with Crippen molar-refractivity contribution >= 4 is 11.8 Å². The second-order valence-corrected chi connectivity index (χ2v) is 5.45. The third kappa shape index (κ3) is 3.45. The molecule has 0 atom stereocenters. The van der Waals surface area contributed by atoms with Crippen LogP contribution in [0.4, 0.5) is 11.8 Å². The van der Waals surface area contributed by atoms with Crippen molar-refractivity contribution in [3.8, 4) is 0 Å². The lowest BCUT2D eigenvalue weighted by atomic mass is 10.1. The number of nitrogens with one attached hydrogen (secondary N) is 1. The van der Waals surface area contributed by atoms with Gasteiger partial charge in [-0.3, -0.25) is 0 Å². The summed E-state index contributed by atoms with van der Waals surface area (Å²) in [6, 6.07) is 4.35. The summed E-state index contributed by atoms with van der Waals surface area (Å²) in [6.07, 6.45) is 5.54. The van der Waals surface area contributed by atoms with E-state index in [9.17, 15) is 0 Å². The Labute approximate surface area is 124 Å². The van der Waals surface area contributed by atoms with Crippen LogP contribution >= 0.6 is 0 Å². The molecule has 2 aromatic heterocycles. The third-order valence-electron chi connectivity index (χ3n) is 3.72. The second-order valence-electron chi connectivity index (χ2n) is 5.45. The number of aromatic nitrogens is 4. The van der Waals surface area contributed by atoms with Crippen molar-refractivity contribution in [3.05, 3.63) is 36.0 Å². The van der Waals surface area contributed by atoms with Crippen LogP contribution in [0.5, 0.6) is 0 Å². The minimum atomic E-state index is 0.445. The molecule has 6 heteroatoms. The zero-order chi connectivity index (χ0) is 14.7. The largest absolute Gasteiger partial charge is 0.367 e. The van der Waals surface area contributed by atoms with Crippen LogP contribution in [0.25, 0.3) is 0 Å². The van der Waals surface area contributed by atoms with Gasteiger partial charge in [-0.1, -0.05) is 0 Å². The first-order chi connectivity index (χ1) is 10.2. The van der Waals surface area contributed by atoms with Crippen LogP contribution in [0.15, 0.2) is 24.7 Å². The predicted molar refractivity (Wildman–Crippen MR) is 82.4 cm³/mol. The predicted octanol–water partition coefficient (Wildman–Crippen LogP) is 1.96. The van der Waals surface area contributed by atoms with E-state index in [1.165, 1.54) is 0 Å². The van der Waals surface area contributed by atoms with Gasteiger partial charge < -0.3 is 10.2 Å². The molecule has 1 fully saturated rings. The zero-order valence-electron chi connectivity index (χ0n) is 12.5. The Morgan fingerprint density at radius 1 is 1.10 bits per heavy atom. The van der Waals surface area contributed by atoms with Gasteiger partial charge in [-0.15, -0.1) is 0 Å². The molecule has 3 rings (SSSR count). The summed E-state index contributed by atoms with van der Waals surface area (Å²) in [5.41, 5.74) is 2.00. The SMILES string of the molecule is Cc1cc(NC2CCN(c3nccc(C)n3)CC2)ncn1. The monoisotopic (exact) mass is 284 g/mol. The molecule has 1 saturated heterocycles. The van der Waals surface area contributed by atoms with Gasteiger partial charge in [-0.25, -0.2) is 19.9 Å². The normalized spacial score (nSPS) is 16.0. The van der Waals surface area contributed by atoms with Gasteiger partial charge in [-0.2, -0.15) is 0 Å². The molecule has 0 aromatic carbocycles. The number of hydrogen-bond donors (Lipinski definition) is 1. The van der Waals surface area contributed by atoms with E-state index in [2.05, 4.69) is 30.2 Å². The van der Waals surface area contributed by atoms with Crippen LogP contribution in [-0.4, -0.2) is 39.1 Å². The molecule has 0 saturated carbocycles. The van der Waals surface area contributed by atoms with Crippen LogP contribution in [0, 0.1) is 13.8 Å². The Balaban J connectivity index is 1.58. The molecule has 0 aliphatic carbocycles. The van der Waals surface area contributed by atoms with E-state index in [0.717, 1.165) is 49.1 Å². The van der Waals surface area contributed by atoms with Gasteiger partial charge in [0.1, 0.15) is 12.1 Å². The highest BCUT2D eigenvalue weighted by atomic mass is 15.3. The molecule has 3 heterocycles. The zero-order valence-corrected chi connectivity index (χ0v) is 12.5. The minimum Gasteiger partial charge on any atom is -0.367 e. The average molecular weight is 284 g/mol. The molecule has 1 aliphatic heterocycles. The topological polar surface area (TPSA) is 66.8 Å². The fraction of sp³-hybridized carbons (Fsp3) is 0.467. The van der Waals surface area contributed by atoms with E-state index < -0.39 is 0 Å². The standard InChI is InChI=1S/C15H20N6/c1-11-3-6-16-15(19-11)21-7-4-13(5-8-21)20-14-9-12(2)17-10-18-14/h3,6,9-10,13H,4-5,7-8H2,1-2H3,(H,17,18,20). The maximum Gasteiger partial charge on any atom is 0.225 e. The quantitative estimate of drug-likeness (QED) is 0.929. The molecular formula is C15H20N6. The van der Waals surface area contributed by atoms with Crippen molar-refractivity contribution in [2.75, 3.05) is 23.3 Å². The first-order valence-electron chi connectivity index (χ1n) is 7.30. The van der Waals surface area contributed by atoms with Crippen molar-refractivity contribution in [2.45, 2.75) is 32.7 Å². The minimum absolute atomic E-state index is 0.445. The highest BCUT2D eigenvalue weighted by Crippen LogP contribution is 2.18. The van der Waals surface area contributed by atoms with Gasteiger partial charge in [0.15, 0.2) is 0 Å². The van der Waals surface area contributed by atoms with Crippen molar-refractivity contribution < 1.29 is 0 Å². The number of hydrogen-bond acceptors (Lipinski definition) is 6. The molecule has 0 radical (unpaired) electrons. The number of aryl methyl sites for hydroxylation is 2. The number of anilines is 2. The van der Waals surface area contributed by atoms with Gasteiger partial charge in [0.25, 0.3) is 0 Å². The second kappa shape index (κ2) is 6.03. The van der Waals surface area contributed by atoms with Gasteiger partial charge in [0.2, 0.25) is 5.95 Å². The average Bonchev–Trinajstić information content (AvgIpc) is 2.48. The third-order valence-corrected chi connectivity index (χ3v) is 3.72. The lowest BCUT2D eigenvalue weighted by Gasteiger charge is -2.32. The summed E-state index contributed by atoms with van der Waals surface area (Å²) in [5, 5.41) is 3.49. The summed E-state index contributed by atoms with van der Waals surface area (Å²) in [4.78, 5) is 19.5. The molecule has 2 aromatic rings. The molecule has 0 bridgehead atoms. The van der Waals surface area contributed by atoms with Gasteiger partial charge in [0.05, 0.1) is 0 Å². The number of nitrogens with zero attached hydrogens (tertiary/aromatic N) is 5. The van der Waals surface area contributed by atoms with Crippen LogP contribution in [0.2, 0.25) is 0 Å². The van der Waals surface area contributed by atoms with E-state index in [4.69, 9.17) is 0 Å². The summed E-state index contributed by atoms with van der Waals surface area (Å²) < 4.78 is 0. The first-order valence-corrected chi connectivity index (χ1v) is 7.30. The number of rotatable bonds is 3. The van der Waals surface area contributed by atoms with E-state index in [0.29, 0.717) is 6.04 Å². The molecule has 1 N–H and O–H groups in total. The molecular weight excluding hydrogens is 264 g/mol. The lowest BCUT2D eigenvalue weighted by molar-refractivity contribution is 0.518. The van der Waals surface area contributed by atoms with E-state index >= 15 is 0 Å². The van der Waals surface area contributed by atoms with Crippen molar-refractivity contribution in [2.24, 2.45) is 0 Å². The Hall–Kier alpha value is -2.24. The van der Waals surface area contributed by atoms with Crippen molar-refractivity contribution in [1.29, 1.82) is 0 Å². The highest BCUT2D eigenvalue weighted by molar-refractivity contribution is 5.37. The lowest BCUT2D eigenvalue weighted by Crippen LogP contribution is -2.40. The Morgan fingerprint density at radius 3 is 2.62 bits per heavy atom. The Morgan fingerprint density at radius 2 is 1.90 bits per heavy atom. The molecule has 0 amide bonds.